The monoisotopic (exact) mass is 628 g/mol. The number of aromatic nitrogens is 2. The molecule has 0 aliphatic heterocycles. The van der Waals surface area contributed by atoms with Crippen molar-refractivity contribution in [2.24, 2.45) is 0 Å². The van der Waals surface area contributed by atoms with Gasteiger partial charge >= 0.3 is 6.01 Å². The molecule has 7 heteroatoms. The highest BCUT2D eigenvalue weighted by molar-refractivity contribution is 7.02. The van der Waals surface area contributed by atoms with Crippen LogP contribution in [0.1, 0.15) is 84.0 Å². The van der Waals surface area contributed by atoms with Crippen LogP contribution in [-0.4, -0.2) is 47.4 Å². The van der Waals surface area contributed by atoms with E-state index in [0.29, 0.717) is 12.6 Å². The lowest BCUT2D eigenvalue weighted by Gasteiger charge is -2.36. The number of hydrogen-bond acceptors (Lipinski definition) is 4. The van der Waals surface area contributed by atoms with E-state index in [-0.39, 0.29) is 0 Å². The van der Waals surface area contributed by atoms with E-state index in [1.807, 2.05) is 24.5 Å². The van der Waals surface area contributed by atoms with Crippen LogP contribution in [0.15, 0.2) is 36.7 Å². The highest BCUT2D eigenvalue weighted by Crippen LogP contribution is 2.31. The van der Waals surface area contributed by atoms with Crippen LogP contribution in [0.3, 0.4) is 0 Å². The highest BCUT2D eigenvalue weighted by atomic mass is 28.4. The zero-order chi connectivity index (χ0) is 30.9. The third kappa shape index (κ3) is 17.0. The number of hydrogen-bond donors (Lipinski definition) is 0. The Morgan fingerprint density at radius 2 is 1.07 bits per heavy atom. The minimum Gasteiger partial charge on any atom is -0.494 e. The van der Waals surface area contributed by atoms with Crippen molar-refractivity contribution in [3.63, 3.8) is 0 Å². The van der Waals surface area contributed by atoms with Gasteiger partial charge in [-0.05, 0) is 30.5 Å². The van der Waals surface area contributed by atoms with E-state index in [2.05, 4.69) is 74.9 Å². The van der Waals surface area contributed by atoms with Gasteiger partial charge in [0, 0.05) is 42.2 Å². The van der Waals surface area contributed by atoms with Gasteiger partial charge in [-0.1, -0.05) is 146 Å². The number of ether oxygens (including phenoxy) is 2. The summed E-state index contributed by atoms with van der Waals surface area (Å²) < 4.78 is 11.6. The standard InChI is InChI=1S/C35H64N2O2Si3/c1-9-10-18-26-39-35-36-28-33(29-37-35)32-21-23-34(24-22-32)38-25-19-16-14-12-11-13-15-17-20-27-41(5,6)31-42(7,8)30-40(2,3)4/h21-24,28-29H,9-20,25-27,30-31H2,1-8H3. The fraction of sp³-hybridized carbons (Fsp3) is 0.714. The molecule has 238 valence electrons. The predicted molar refractivity (Wildman–Crippen MR) is 192 cm³/mol. The Bertz CT molecular complexity index is 973. The third-order valence-electron chi connectivity index (χ3n) is 8.03. The molecule has 0 bridgehead atoms. The van der Waals surface area contributed by atoms with Crippen LogP contribution >= 0.6 is 0 Å². The second kappa shape index (κ2) is 19.0. The van der Waals surface area contributed by atoms with Gasteiger partial charge in [0.25, 0.3) is 0 Å². The van der Waals surface area contributed by atoms with Crippen molar-refractivity contribution in [3.05, 3.63) is 36.7 Å². The average Bonchev–Trinajstić information content (AvgIpc) is 2.90. The van der Waals surface area contributed by atoms with Gasteiger partial charge < -0.3 is 9.47 Å². The minimum atomic E-state index is -1.02. The van der Waals surface area contributed by atoms with Crippen molar-refractivity contribution in [1.29, 1.82) is 0 Å². The molecule has 0 saturated heterocycles. The van der Waals surface area contributed by atoms with E-state index >= 15 is 0 Å². The molecule has 1 heterocycles. The molecule has 0 saturated carbocycles. The maximum Gasteiger partial charge on any atom is 0.316 e. The molecule has 2 rings (SSSR count). The molecule has 0 aliphatic carbocycles. The van der Waals surface area contributed by atoms with Crippen molar-refractivity contribution in [1.82, 2.24) is 9.97 Å². The van der Waals surface area contributed by atoms with Gasteiger partial charge in [-0.2, -0.15) is 0 Å². The Balaban J connectivity index is 1.49. The van der Waals surface area contributed by atoms with Gasteiger partial charge in [0.1, 0.15) is 5.75 Å². The van der Waals surface area contributed by atoms with Crippen molar-refractivity contribution in [2.75, 3.05) is 13.2 Å². The average molecular weight is 629 g/mol. The third-order valence-corrected chi connectivity index (χ3v) is 25.5. The summed E-state index contributed by atoms with van der Waals surface area (Å²) in [5.74, 6) is 0.934. The molecule has 42 heavy (non-hydrogen) atoms. The van der Waals surface area contributed by atoms with Crippen LogP contribution in [0.25, 0.3) is 11.1 Å². The van der Waals surface area contributed by atoms with Gasteiger partial charge in [-0.15, -0.1) is 0 Å². The molecule has 1 aromatic heterocycles. The van der Waals surface area contributed by atoms with E-state index in [1.165, 1.54) is 64.2 Å². The number of unbranched alkanes of at least 4 members (excludes halogenated alkanes) is 10. The lowest BCUT2D eigenvalue weighted by molar-refractivity contribution is 0.283. The summed E-state index contributed by atoms with van der Waals surface area (Å²) in [6.45, 7) is 22.0. The molecule has 4 nitrogen and oxygen atoms in total. The zero-order valence-electron chi connectivity index (χ0n) is 28.7. The molecule has 0 unspecified atom stereocenters. The molecular formula is C35H64N2O2Si3. The van der Waals surface area contributed by atoms with Crippen LogP contribution < -0.4 is 9.47 Å². The lowest BCUT2D eigenvalue weighted by atomic mass is 10.1. The molecule has 0 amide bonds. The first-order chi connectivity index (χ1) is 19.9. The molecule has 1 aromatic carbocycles. The van der Waals surface area contributed by atoms with E-state index in [4.69, 9.17) is 9.47 Å². The molecule has 0 aliphatic rings. The summed E-state index contributed by atoms with van der Waals surface area (Å²) in [5.41, 5.74) is 5.33. The Hall–Kier alpha value is -1.45. The van der Waals surface area contributed by atoms with Crippen molar-refractivity contribution in [2.45, 2.75) is 147 Å². The first-order valence-electron chi connectivity index (χ1n) is 17.1. The topological polar surface area (TPSA) is 44.2 Å². The summed E-state index contributed by atoms with van der Waals surface area (Å²) in [5, 5.41) is 0. The second-order valence-electron chi connectivity index (χ2n) is 15.4. The van der Waals surface area contributed by atoms with Crippen LogP contribution in [0.4, 0.5) is 0 Å². The van der Waals surface area contributed by atoms with Crippen LogP contribution in [0.2, 0.25) is 63.2 Å². The summed E-state index contributed by atoms with van der Waals surface area (Å²) in [6, 6.07) is 10.3. The Morgan fingerprint density at radius 1 is 0.548 bits per heavy atom. The van der Waals surface area contributed by atoms with Crippen molar-refractivity contribution >= 4 is 24.2 Å². The molecule has 0 atom stereocenters. The van der Waals surface area contributed by atoms with Crippen LogP contribution in [0, 0.1) is 0 Å². The number of benzene rings is 1. The Kier molecular flexibility index (Phi) is 16.7. The molecule has 2 aromatic rings. The first kappa shape index (κ1) is 36.7. The minimum absolute atomic E-state index is 0.458. The van der Waals surface area contributed by atoms with Crippen LogP contribution in [-0.2, 0) is 0 Å². The van der Waals surface area contributed by atoms with Crippen molar-refractivity contribution in [3.8, 4) is 22.9 Å². The van der Waals surface area contributed by atoms with Gasteiger partial charge in [0.2, 0.25) is 0 Å². The molecule has 0 radical (unpaired) electrons. The van der Waals surface area contributed by atoms with E-state index in [9.17, 15) is 0 Å². The molecule has 0 fully saturated rings. The maximum atomic E-state index is 5.99. The zero-order valence-corrected chi connectivity index (χ0v) is 31.7. The highest BCUT2D eigenvalue weighted by Gasteiger charge is 2.34. The molecule has 0 N–H and O–H groups in total. The lowest BCUT2D eigenvalue weighted by Crippen LogP contribution is -2.44. The SMILES string of the molecule is CCCCCOc1ncc(-c2ccc(OCCCCCCCCCCC[Si](C)(C)C[Si](C)(C)C[Si](C)(C)C)cc2)cn1. The van der Waals surface area contributed by atoms with E-state index < -0.39 is 24.2 Å². The smallest absolute Gasteiger partial charge is 0.316 e. The molecule has 0 spiro atoms. The second-order valence-corrected chi connectivity index (χ2v) is 32.5. The van der Waals surface area contributed by atoms with Gasteiger partial charge in [0.15, 0.2) is 0 Å². The first-order valence-corrected chi connectivity index (χ1v) is 27.6. The maximum absolute atomic E-state index is 5.99. The Labute approximate surface area is 262 Å². The number of rotatable bonds is 23. The van der Waals surface area contributed by atoms with Gasteiger partial charge in [0.05, 0.1) is 13.2 Å². The normalized spacial score (nSPS) is 12.5. The predicted octanol–water partition coefficient (Wildman–Crippen LogP) is 11.4. The van der Waals surface area contributed by atoms with Gasteiger partial charge in [-0.25, -0.2) is 9.97 Å². The van der Waals surface area contributed by atoms with E-state index in [1.54, 1.807) is 17.4 Å². The summed E-state index contributed by atoms with van der Waals surface area (Å²) in [4.78, 5) is 8.70. The van der Waals surface area contributed by atoms with Crippen molar-refractivity contribution < 1.29 is 9.47 Å². The largest absolute Gasteiger partial charge is 0.494 e. The molecular weight excluding hydrogens is 565 g/mol. The quantitative estimate of drug-likeness (QED) is 0.0907. The Morgan fingerprint density at radius 3 is 1.64 bits per heavy atom. The summed E-state index contributed by atoms with van der Waals surface area (Å²) in [6.07, 6.45) is 19.3. The summed E-state index contributed by atoms with van der Waals surface area (Å²) >= 11 is 0. The van der Waals surface area contributed by atoms with Gasteiger partial charge in [-0.3, -0.25) is 0 Å². The number of nitrogens with zero attached hydrogens (tertiary/aromatic N) is 2. The fourth-order valence-electron chi connectivity index (χ4n) is 6.81. The van der Waals surface area contributed by atoms with Crippen LogP contribution in [0.5, 0.6) is 11.8 Å². The summed E-state index contributed by atoms with van der Waals surface area (Å²) in [7, 11) is -2.95. The fourth-order valence-corrected chi connectivity index (χ4v) is 32.2. The van der Waals surface area contributed by atoms with E-state index in [0.717, 1.165) is 36.3 Å².